The van der Waals surface area contributed by atoms with E-state index in [-0.39, 0.29) is 12.0 Å². The topological polar surface area (TPSA) is 67.5 Å². The summed E-state index contributed by atoms with van der Waals surface area (Å²) in [7, 11) is 0. The molecule has 0 bridgehead atoms. The molecule has 2 rings (SSSR count). The number of hydrogen-bond donors (Lipinski definition) is 1. The maximum atomic E-state index is 11.8. The van der Waals surface area contributed by atoms with Gasteiger partial charge < -0.3 is 9.52 Å². The van der Waals surface area contributed by atoms with Gasteiger partial charge in [0.1, 0.15) is 5.58 Å². The Hall–Kier alpha value is -2.10. The average Bonchev–Trinajstić information content (AvgIpc) is 2.46. The molecular weight excluding hydrogens is 268 g/mol. The third-order valence-corrected chi connectivity index (χ3v) is 3.55. The first-order valence-electron chi connectivity index (χ1n) is 7.40. The summed E-state index contributed by atoms with van der Waals surface area (Å²) in [4.78, 5) is 22.2. The molecule has 0 aliphatic rings. The highest BCUT2D eigenvalue weighted by atomic mass is 16.4. The van der Waals surface area contributed by atoms with Crippen LogP contribution in [0.15, 0.2) is 39.5 Å². The van der Waals surface area contributed by atoms with Crippen LogP contribution in [0.3, 0.4) is 0 Å². The number of carbonyl (C=O) groups is 1. The van der Waals surface area contributed by atoms with Gasteiger partial charge in [0.25, 0.3) is 0 Å². The van der Waals surface area contributed by atoms with Crippen LogP contribution in [0.2, 0.25) is 0 Å². The van der Waals surface area contributed by atoms with Gasteiger partial charge in [-0.25, -0.2) is 4.79 Å². The van der Waals surface area contributed by atoms with Crippen molar-refractivity contribution >= 4 is 16.9 Å². The van der Waals surface area contributed by atoms with Crippen molar-refractivity contribution in [1.82, 2.24) is 0 Å². The zero-order valence-corrected chi connectivity index (χ0v) is 12.0. The molecule has 1 aromatic heterocycles. The van der Waals surface area contributed by atoms with E-state index < -0.39 is 5.97 Å². The molecule has 0 amide bonds. The molecule has 0 aliphatic heterocycles. The fourth-order valence-electron chi connectivity index (χ4n) is 2.40. The zero-order valence-electron chi connectivity index (χ0n) is 12.0. The molecule has 1 heterocycles. The average molecular weight is 288 g/mol. The van der Waals surface area contributed by atoms with Crippen molar-refractivity contribution in [2.75, 3.05) is 0 Å². The summed E-state index contributed by atoms with van der Waals surface area (Å²) in [6.45, 7) is 0. The largest absolute Gasteiger partial charge is 0.481 e. The van der Waals surface area contributed by atoms with Crippen molar-refractivity contribution in [3.8, 4) is 0 Å². The molecule has 4 nitrogen and oxygen atoms in total. The van der Waals surface area contributed by atoms with Gasteiger partial charge in [-0.3, -0.25) is 4.79 Å². The number of benzene rings is 1. The SMILES string of the molecule is O=C(O)CCCCCCCc1cc2ccccc2oc1=O. The fraction of sp³-hybridized carbons (Fsp3) is 0.412. The Morgan fingerprint density at radius 3 is 2.57 bits per heavy atom. The summed E-state index contributed by atoms with van der Waals surface area (Å²) >= 11 is 0. The van der Waals surface area contributed by atoms with Crippen LogP contribution >= 0.6 is 0 Å². The molecule has 21 heavy (non-hydrogen) atoms. The lowest BCUT2D eigenvalue weighted by Crippen LogP contribution is -2.06. The molecule has 112 valence electrons. The van der Waals surface area contributed by atoms with Crippen LogP contribution in [0.1, 0.15) is 44.1 Å². The Kier molecular flexibility index (Phi) is 5.55. The fourth-order valence-corrected chi connectivity index (χ4v) is 2.40. The van der Waals surface area contributed by atoms with Gasteiger partial charge in [0, 0.05) is 17.4 Å². The van der Waals surface area contributed by atoms with Crippen molar-refractivity contribution in [2.45, 2.75) is 44.9 Å². The molecule has 0 radical (unpaired) electrons. The highest BCUT2D eigenvalue weighted by Gasteiger charge is 2.04. The van der Waals surface area contributed by atoms with E-state index in [4.69, 9.17) is 9.52 Å². The van der Waals surface area contributed by atoms with Crippen molar-refractivity contribution in [3.63, 3.8) is 0 Å². The van der Waals surface area contributed by atoms with E-state index in [1.54, 1.807) is 6.07 Å². The smallest absolute Gasteiger partial charge is 0.339 e. The first-order chi connectivity index (χ1) is 10.2. The van der Waals surface area contributed by atoms with Gasteiger partial charge in [-0.1, -0.05) is 37.5 Å². The van der Waals surface area contributed by atoms with Gasteiger partial charge >= 0.3 is 11.6 Å². The Morgan fingerprint density at radius 2 is 1.76 bits per heavy atom. The van der Waals surface area contributed by atoms with E-state index in [9.17, 15) is 9.59 Å². The summed E-state index contributed by atoms with van der Waals surface area (Å²) < 4.78 is 5.29. The molecule has 1 N–H and O–H groups in total. The molecule has 0 unspecified atom stereocenters. The van der Waals surface area contributed by atoms with Gasteiger partial charge in [0.05, 0.1) is 0 Å². The lowest BCUT2D eigenvalue weighted by atomic mass is 10.1. The van der Waals surface area contributed by atoms with E-state index in [1.807, 2.05) is 24.3 Å². The summed E-state index contributed by atoms with van der Waals surface area (Å²) in [6, 6.07) is 9.42. The monoisotopic (exact) mass is 288 g/mol. The maximum absolute atomic E-state index is 11.8. The van der Waals surface area contributed by atoms with Gasteiger partial charge in [-0.15, -0.1) is 0 Å². The first kappa shape index (κ1) is 15.3. The third kappa shape index (κ3) is 4.74. The maximum Gasteiger partial charge on any atom is 0.339 e. The molecule has 4 heteroatoms. The number of para-hydroxylation sites is 1. The van der Waals surface area contributed by atoms with Crippen molar-refractivity contribution in [3.05, 3.63) is 46.3 Å². The molecule has 0 spiro atoms. The van der Waals surface area contributed by atoms with E-state index in [1.165, 1.54) is 0 Å². The lowest BCUT2D eigenvalue weighted by molar-refractivity contribution is -0.137. The number of aliphatic carboxylic acids is 1. The lowest BCUT2D eigenvalue weighted by Gasteiger charge is -2.02. The second-order valence-electron chi connectivity index (χ2n) is 5.26. The molecule has 0 fully saturated rings. The number of unbranched alkanes of at least 4 members (excludes halogenated alkanes) is 4. The number of carboxylic acids is 1. The third-order valence-electron chi connectivity index (χ3n) is 3.55. The van der Waals surface area contributed by atoms with Crippen LogP contribution in [0.5, 0.6) is 0 Å². The van der Waals surface area contributed by atoms with Gasteiger partial charge in [0.15, 0.2) is 0 Å². The Morgan fingerprint density at radius 1 is 1.05 bits per heavy atom. The first-order valence-corrected chi connectivity index (χ1v) is 7.40. The second kappa shape index (κ2) is 7.62. The van der Waals surface area contributed by atoms with Crippen LogP contribution in [0, 0.1) is 0 Å². The predicted octanol–water partition coefficient (Wildman–Crippen LogP) is 3.76. The van der Waals surface area contributed by atoms with Crippen molar-refractivity contribution in [2.24, 2.45) is 0 Å². The minimum absolute atomic E-state index is 0.244. The minimum Gasteiger partial charge on any atom is -0.481 e. The summed E-state index contributed by atoms with van der Waals surface area (Å²) in [5, 5.41) is 9.49. The van der Waals surface area contributed by atoms with Crippen LogP contribution in [-0.2, 0) is 11.2 Å². The number of fused-ring (bicyclic) bond motifs is 1. The van der Waals surface area contributed by atoms with Crippen LogP contribution < -0.4 is 5.63 Å². The quantitative estimate of drug-likeness (QED) is 0.593. The molecule has 0 saturated heterocycles. The normalized spacial score (nSPS) is 10.9. The van der Waals surface area contributed by atoms with E-state index in [0.29, 0.717) is 12.0 Å². The number of aryl methyl sites for hydroxylation is 1. The van der Waals surface area contributed by atoms with Gasteiger partial charge in [-0.05, 0) is 31.4 Å². The molecular formula is C17H20O4. The number of carboxylic acid groups (broad SMARTS) is 1. The molecule has 2 aromatic rings. The predicted molar refractivity (Wildman–Crippen MR) is 81.5 cm³/mol. The molecule has 1 aromatic carbocycles. The standard InChI is InChI=1S/C17H20O4/c18-16(19)11-5-3-1-2-4-9-14-12-13-8-6-7-10-15(13)21-17(14)20/h6-8,10,12H,1-5,9,11H2,(H,18,19). The van der Waals surface area contributed by atoms with Crippen LogP contribution in [-0.4, -0.2) is 11.1 Å². The molecule has 0 aliphatic carbocycles. The van der Waals surface area contributed by atoms with Crippen LogP contribution in [0.4, 0.5) is 0 Å². The molecule has 0 saturated carbocycles. The summed E-state index contributed by atoms with van der Waals surface area (Å²) in [6.07, 6.45) is 5.56. The Balaban J connectivity index is 1.79. The summed E-state index contributed by atoms with van der Waals surface area (Å²) in [5.74, 6) is -0.733. The highest BCUT2D eigenvalue weighted by Crippen LogP contribution is 2.14. The Bertz CT molecular complexity index is 657. The number of hydrogen-bond acceptors (Lipinski definition) is 3. The van der Waals surface area contributed by atoms with Gasteiger partial charge in [-0.2, -0.15) is 0 Å². The van der Waals surface area contributed by atoms with Crippen molar-refractivity contribution in [1.29, 1.82) is 0 Å². The second-order valence-corrected chi connectivity index (χ2v) is 5.26. The number of rotatable bonds is 8. The van der Waals surface area contributed by atoms with E-state index in [0.717, 1.165) is 43.1 Å². The van der Waals surface area contributed by atoms with E-state index in [2.05, 4.69) is 0 Å². The summed E-state index contributed by atoms with van der Waals surface area (Å²) in [5.41, 5.74) is 1.10. The minimum atomic E-state index is -0.733. The highest BCUT2D eigenvalue weighted by molar-refractivity contribution is 5.76. The Labute approximate surface area is 123 Å². The van der Waals surface area contributed by atoms with Gasteiger partial charge in [0.2, 0.25) is 0 Å². The molecule has 0 atom stereocenters. The zero-order chi connectivity index (χ0) is 15.1. The van der Waals surface area contributed by atoms with E-state index >= 15 is 0 Å². The van der Waals surface area contributed by atoms with Crippen molar-refractivity contribution < 1.29 is 14.3 Å². The van der Waals surface area contributed by atoms with Crippen LogP contribution in [0.25, 0.3) is 11.0 Å².